The van der Waals surface area contributed by atoms with Crippen LogP contribution in [0.4, 0.5) is 0 Å². The Bertz CT molecular complexity index is 509. The first kappa shape index (κ1) is 15.4. The number of aliphatic hydroxyl groups excluding tert-OH is 1. The summed E-state index contributed by atoms with van der Waals surface area (Å²) in [7, 11) is 1.71. The second kappa shape index (κ2) is 5.61. The van der Waals surface area contributed by atoms with Gasteiger partial charge in [0.2, 0.25) is 0 Å². The van der Waals surface area contributed by atoms with Gasteiger partial charge in [0.1, 0.15) is 17.6 Å². The first-order valence-corrected chi connectivity index (χ1v) is 9.09. The zero-order chi connectivity index (χ0) is 15.2. The zero-order valence-corrected chi connectivity index (χ0v) is 13.6. The molecule has 0 bridgehead atoms. The van der Waals surface area contributed by atoms with Crippen LogP contribution in [0.2, 0.25) is 0 Å². The van der Waals surface area contributed by atoms with E-state index in [1.54, 1.807) is 17.4 Å². The van der Waals surface area contributed by atoms with Gasteiger partial charge in [0, 0.05) is 24.4 Å². The number of β-lactam (4-membered cyclic amide) rings is 1. The summed E-state index contributed by atoms with van der Waals surface area (Å²) < 4.78 is 11.5. The predicted octanol–water partition coefficient (Wildman–Crippen LogP) is 1.56. The number of alkyl halides is 1. The van der Waals surface area contributed by atoms with Crippen molar-refractivity contribution >= 4 is 28.7 Å². The molecule has 3 rings (SSSR count). The molecule has 4 nitrogen and oxygen atoms in total. The van der Waals surface area contributed by atoms with Crippen LogP contribution < -0.4 is 0 Å². The van der Waals surface area contributed by atoms with Gasteiger partial charge in [-0.1, -0.05) is 12.2 Å². The van der Waals surface area contributed by atoms with Crippen molar-refractivity contribution in [2.24, 2.45) is 5.92 Å². The van der Waals surface area contributed by atoms with Gasteiger partial charge in [0.25, 0.3) is 10.7 Å². The van der Waals surface area contributed by atoms with Gasteiger partial charge < -0.3 is 14.6 Å². The quantitative estimate of drug-likeness (QED) is 0.368. The molecule has 21 heavy (non-hydrogen) atoms. The van der Waals surface area contributed by atoms with Crippen LogP contribution >= 0.6 is 11.6 Å². The Morgan fingerprint density at radius 2 is 2.43 bits per heavy atom. The van der Waals surface area contributed by atoms with Crippen LogP contribution in [-0.2, 0) is 16.0 Å². The van der Waals surface area contributed by atoms with E-state index in [9.17, 15) is 14.5 Å². The molecule has 1 fully saturated rings. The number of amides is 1. The van der Waals surface area contributed by atoms with Crippen molar-refractivity contribution < 1.29 is 14.5 Å². The molecule has 0 radical (unpaired) electrons. The molecule has 1 aliphatic carbocycles. The number of rotatable bonds is 4. The van der Waals surface area contributed by atoms with Crippen LogP contribution in [0.25, 0.3) is 0 Å². The first-order valence-electron chi connectivity index (χ1n) is 7.34. The van der Waals surface area contributed by atoms with E-state index in [1.807, 2.05) is 12.2 Å². The lowest BCUT2D eigenvalue weighted by atomic mass is 9.72. The monoisotopic (exact) mass is 329 g/mol. The molecule has 6 heteroatoms. The lowest BCUT2D eigenvalue weighted by Crippen LogP contribution is -2.79. The average Bonchev–Trinajstić information content (AvgIpc) is 2.77. The minimum absolute atomic E-state index is 0.0911. The van der Waals surface area contributed by atoms with Crippen molar-refractivity contribution in [1.29, 1.82) is 0 Å². The maximum Gasteiger partial charge on any atom is 0.285 e. The van der Waals surface area contributed by atoms with E-state index in [0.29, 0.717) is 12.3 Å². The van der Waals surface area contributed by atoms with Gasteiger partial charge in [-0.15, -0.1) is 11.6 Å². The normalized spacial score (nSPS) is 39.8. The Morgan fingerprint density at radius 1 is 1.67 bits per heavy atom. The van der Waals surface area contributed by atoms with Crippen LogP contribution in [0.1, 0.15) is 25.7 Å². The van der Waals surface area contributed by atoms with Gasteiger partial charge in [0.15, 0.2) is 0 Å². The summed E-state index contributed by atoms with van der Waals surface area (Å²) in [6.45, 7) is 0. The van der Waals surface area contributed by atoms with E-state index in [-0.39, 0.29) is 17.9 Å². The molecular weight excluding hydrogens is 310 g/mol. The minimum atomic E-state index is -1.48. The Morgan fingerprint density at radius 3 is 3.05 bits per heavy atom. The molecule has 1 unspecified atom stereocenters. The van der Waals surface area contributed by atoms with E-state index in [1.165, 1.54) is 0 Å². The number of likely N-dealkylation sites (N-methyl/N-ethyl adjacent to an activating group) is 1. The summed E-state index contributed by atoms with van der Waals surface area (Å²) in [5.74, 6) is 0.126. The topological polar surface area (TPSA) is 63.6 Å². The molecule has 0 aromatic rings. The number of carbonyl (C=O) groups is 1. The van der Waals surface area contributed by atoms with Gasteiger partial charge in [-0.2, -0.15) is 0 Å². The lowest BCUT2D eigenvalue weighted by molar-refractivity contribution is -0.155. The van der Waals surface area contributed by atoms with Crippen molar-refractivity contribution in [1.82, 2.24) is 4.90 Å². The van der Waals surface area contributed by atoms with Crippen molar-refractivity contribution in [3.05, 3.63) is 23.1 Å². The molecule has 1 N–H and O–H groups in total. The molecule has 3 aliphatic rings. The third-order valence-electron chi connectivity index (χ3n) is 4.91. The van der Waals surface area contributed by atoms with Crippen LogP contribution in [0.15, 0.2) is 23.1 Å². The molecular formula is C15H20ClNO3S. The number of fused-ring (bicyclic) bond motifs is 1. The van der Waals surface area contributed by atoms with E-state index in [2.05, 4.69) is 0 Å². The summed E-state index contributed by atoms with van der Waals surface area (Å²) in [6.07, 6.45) is 6.57. The Labute approximate surface area is 133 Å². The molecule has 0 aromatic carbocycles. The third kappa shape index (κ3) is 2.01. The van der Waals surface area contributed by atoms with E-state index < -0.39 is 22.0 Å². The Kier molecular flexibility index (Phi) is 4.12. The van der Waals surface area contributed by atoms with Crippen LogP contribution in [0.3, 0.4) is 0 Å². The van der Waals surface area contributed by atoms with E-state index >= 15 is 0 Å². The highest BCUT2D eigenvalue weighted by molar-refractivity contribution is 7.97. The SMILES string of the molecule is CN1C(=O)[C@@]2([C@@H](O)[C@@H]3C=CCCC3)[C@@H]1C(CCCl)=C[S+]2[O-]. The van der Waals surface area contributed by atoms with Crippen LogP contribution in [0.5, 0.6) is 0 Å². The Balaban J connectivity index is 1.92. The molecule has 0 spiro atoms. The first-order chi connectivity index (χ1) is 10.0. The van der Waals surface area contributed by atoms with Crippen molar-refractivity contribution in [2.45, 2.75) is 42.6 Å². The van der Waals surface area contributed by atoms with Crippen molar-refractivity contribution in [3.63, 3.8) is 0 Å². The summed E-state index contributed by atoms with van der Waals surface area (Å²) in [5, 5.41) is 12.5. The van der Waals surface area contributed by atoms with E-state index in [4.69, 9.17) is 11.6 Å². The van der Waals surface area contributed by atoms with E-state index in [0.717, 1.165) is 24.8 Å². The number of likely N-dealkylation sites (tertiary alicyclic amines) is 1. The van der Waals surface area contributed by atoms with Crippen LogP contribution in [0, 0.1) is 5.92 Å². The number of halogens is 1. The minimum Gasteiger partial charge on any atom is -0.611 e. The summed E-state index contributed by atoms with van der Waals surface area (Å²) in [5.41, 5.74) is 0.921. The van der Waals surface area contributed by atoms with Crippen molar-refractivity contribution in [2.75, 3.05) is 12.9 Å². The highest BCUT2D eigenvalue weighted by Gasteiger charge is 2.76. The number of nitrogens with zero attached hydrogens (tertiary/aromatic N) is 1. The predicted molar refractivity (Wildman–Crippen MR) is 83.3 cm³/mol. The van der Waals surface area contributed by atoms with Gasteiger partial charge in [0.05, 0.1) is 0 Å². The molecule has 2 heterocycles. The number of hydrogen-bond acceptors (Lipinski definition) is 3. The summed E-state index contributed by atoms with van der Waals surface area (Å²) >= 11 is 4.33. The molecule has 1 saturated heterocycles. The molecule has 5 atom stereocenters. The highest BCUT2D eigenvalue weighted by atomic mass is 35.5. The number of carbonyl (C=O) groups excluding carboxylic acids is 1. The number of aliphatic hydroxyl groups is 1. The fourth-order valence-electron chi connectivity index (χ4n) is 3.88. The van der Waals surface area contributed by atoms with Gasteiger partial charge >= 0.3 is 0 Å². The maximum atomic E-state index is 12.6. The fourth-order valence-corrected chi connectivity index (χ4v) is 6.08. The smallest absolute Gasteiger partial charge is 0.285 e. The second-order valence-electron chi connectivity index (χ2n) is 6.01. The fraction of sp³-hybridized carbons (Fsp3) is 0.667. The molecule has 2 aliphatic heterocycles. The summed E-state index contributed by atoms with van der Waals surface area (Å²) in [6, 6.07) is -0.269. The van der Waals surface area contributed by atoms with Crippen molar-refractivity contribution in [3.8, 4) is 0 Å². The summed E-state index contributed by atoms with van der Waals surface area (Å²) in [4.78, 5) is 14.1. The Hall–Kier alpha value is -0.490. The van der Waals surface area contributed by atoms with Gasteiger partial charge in [-0.25, -0.2) is 0 Å². The highest BCUT2D eigenvalue weighted by Crippen LogP contribution is 2.52. The average molecular weight is 330 g/mol. The lowest BCUT2D eigenvalue weighted by Gasteiger charge is -2.52. The molecule has 1 amide bonds. The zero-order valence-electron chi connectivity index (χ0n) is 12.0. The number of allylic oxidation sites excluding steroid dienone is 1. The van der Waals surface area contributed by atoms with Crippen LogP contribution in [-0.4, -0.2) is 50.3 Å². The molecule has 0 saturated carbocycles. The van der Waals surface area contributed by atoms with Gasteiger partial charge in [-0.05, 0) is 36.9 Å². The largest absolute Gasteiger partial charge is 0.611 e. The molecule has 116 valence electrons. The third-order valence-corrected chi connectivity index (χ3v) is 6.92. The number of hydrogen-bond donors (Lipinski definition) is 1. The van der Waals surface area contributed by atoms with Gasteiger partial charge in [-0.3, -0.25) is 4.79 Å². The maximum absolute atomic E-state index is 12.6. The second-order valence-corrected chi connectivity index (χ2v) is 7.89. The standard InChI is InChI=1S/C15H20ClNO3S/c1-17-12-11(7-8-16)9-21(20)15(12,14(17)19)13(18)10-5-3-2-4-6-10/h3,5,9-10,12-13,18H,2,4,6-8H2,1H3/t10-,12+,13+,15+,21?/m1/s1. The molecule has 0 aromatic heterocycles.